The maximum absolute atomic E-state index is 6.11. The van der Waals surface area contributed by atoms with Crippen molar-refractivity contribution in [1.82, 2.24) is 0 Å². The van der Waals surface area contributed by atoms with E-state index in [1.165, 1.54) is 0 Å². The van der Waals surface area contributed by atoms with Crippen LogP contribution in [0, 0.1) is 0 Å². The first kappa shape index (κ1) is 16.7. The molecule has 0 N–H and O–H groups in total. The molecule has 0 amide bonds. The Kier molecular flexibility index (Phi) is 6.73. The van der Waals surface area contributed by atoms with Crippen LogP contribution in [0.2, 0.25) is 20.1 Å². The number of hydrogen-bond donors (Lipinski definition) is 0. The molecule has 6 heteroatoms. The summed E-state index contributed by atoms with van der Waals surface area (Å²) >= 11 is 27.3. The van der Waals surface area contributed by atoms with Gasteiger partial charge in [0.15, 0.2) is 0 Å². The van der Waals surface area contributed by atoms with Crippen LogP contribution in [0.3, 0.4) is 0 Å². The van der Waals surface area contributed by atoms with Gasteiger partial charge >= 0.3 is 0 Å². The molecule has 0 atom stereocenters. The van der Waals surface area contributed by atoms with E-state index in [4.69, 9.17) is 46.4 Å². The summed E-state index contributed by atoms with van der Waals surface area (Å²) in [6.45, 7) is 0. The van der Waals surface area contributed by atoms with Gasteiger partial charge in [-0.2, -0.15) is 0 Å². The molecule has 0 aliphatic carbocycles. The van der Waals surface area contributed by atoms with Crippen molar-refractivity contribution in [3.8, 4) is 0 Å². The Hall–Kier alpha value is 0.300. The Morgan fingerprint density at radius 3 is 2.15 bits per heavy atom. The quantitative estimate of drug-likeness (QED) is 0.395. The topological polar surface area (TPSA) is 0 Å². The third kappa shape index (κ3) is 4.94. The van der Waals surface area contributed by atoms with E-state index in [-0.39, 0.29) is 0 Å². The minimum absolute atomic E-state index is 0.580. The molecule has 0 aromatic heterocycles. The van der Waals surface area contributed by atoms with Gasteiger partial charge in [0, 0.05) is 26.3 Å². The van der Waals surface area contributed by atoms with Gasteiger partial charge in [0.25, 0.3) is 0 Å². The minimum atomic E-state index is 0.580. The first-order valence-corrected chi connectivity index (χ1v) is 9.20. The van der Waals surface area contributed by atoms with Crippen LogP contribution >= 0.6 is 69.9 Å². The molecule has 0 bridgehead atoms. The first-order valence-electron chi connectivity index (χ1n) is 5.72. The second-order valence-corrected chi connectivity index (χ2v) is 7.81. The number of halogens is 4. The van der Waals surface area contributed by atoms with E-state index in [2.05, 4.69) is 0 Å². The van der Waals surface area contributed by atoms with Crippen molar-refractivity contribution in [3.05, 3.63) is 56.5 Å². The molecule has 106 valence electrons. The number of hydrogen-bond acceptors (Lipinski definition) is 2. The Bertz CT molecular complexity index is 602. The summed E-state index contributed by atoms with van der Waals surface area (Å²) < 4.78 is 0. The monoisotopic (exact) mass is 382 g/mol. The summed E-state index contributed by atoms with van der Waals surface area (Å²) in [5.41, 5.74) is 0. The fourth-order valence-electron chi connectivity index (χ4n) is 1.47. The molecular formula is C14H10Cl4S2. The molecule has 2 aromatic rings. The van der Waals surface area contributed by atoms with Gasteiger partial charge < -0.3 is 0 Å². The van der Waals surface area contributed by atoms with Crippen molar-refractivity contribution in [2.24, 2.45) is 0 Å². The number of thioether (sulfide) groups is 2. The predicted octanol–water partition coefficient (Wildman–Crippen LogP) is 7.18. The maximum Gasteiger partial charge on any atom is 0.0603 e. The predicted molar refractivity (Wildman–Crippen MR) is 94.4 cm³/mol. The van der Waals surface area contributed by atoms with E-state index in [9.17, 15) is 0 Å². The molecule has 0 saturated carbocycles. The molecular weight excluding hydrogens is 374 g/mol. The van der Waals surface area contributed by atoms with Crippen molar-refractivity contribution < 1.29 is 0 Å². The van der Waals surface area contributed by atoms with Gasteiger partial charge in [-0.1, -0.05) is 46.4 Å². The highest BCUT2D eigenvalue weighted by molar-refractivity contribution is 8.03. The van der Waals surface area contributed by atoms with Crippen molar-refractivity contribution in [3.63, 3.8) is 0 Å². The summed E-state index contributed by atoms with van der Waals surface area (Å²) in [4.78, 5) is 2.12. The molecule has 0 spiro atoms. The van der Waals surface area contributed by atoms with Crippen LogP contribution in [0.25, 0.3) is 0 Å². The van der Waals surface area contributed by atoms with Gasteiger partial charge in [0.1, 0.15) is 0 Å². The average Bonchev–Trinajstić information content (AvgIpc) is 2.42. The molecule has 20 heavy (non-hydrogen) atoms. The Labute approximate surface area is 147 Å². The van der Waals surface area contributed by atoms with Crippen LogP contribution < -0.4 is 0 Å². The van der Waals surface area contributed by atoms with Crippen LogP contribution in [0.1, 0.15) is 0 Å². The third-order valence-electron chi connectivity index (χ3n) is 2.39. The molecule has 0 fully saturated rings. The second kappa shape index (κ2) is 8.07. The molecule has 0 saturated heterocycles. The van der Waals surface area contributed by atoms with E-state index in [1.807, 2.05) is 30.3 Å². The molecule has 0 aliphatic heterocycles. The molecule has 0 aliphatic rings. The van der Waals surface area contributed by atoms with Crippen molar-refractivity contribution in [2.45, 2.75) is 9.79 Å². The van der Waals surface area contributed by atoms with E-state index in [0.717, 1.165) is 26.3 Å². The lowest BCUT2D eigenvalue weighted by Gasteiger charge is -2.05. The van der Waals surface area contributed by atoms with Crippen LogP contribution in [-0.4, -0.2) is 11.5 Å². The SMILES string of the molecule is Clc1ccc(Cl)c(SCCSc2ccc(Cl)c(Cl)c2)c1. The van der Waals surface area contributed by atoms with Gasteiger partial charge in [-0.3, -0.25) is 0 Å². The smallest absolute Gasteiger partial charge is 0.0603 e. The first-order chi connectivity index (χ1) is 9.56. The molecule has 0 radical (unpaired) electrons. The summed E-state index contributed by atoms with van der Waals surface area (Å²) in [6.07, 6.45) is 0. The zero-order valence-electron chi connectivity index (χ0n) is 10.2. The average molecular weight is 384 g/mol. The maximum atomic E-state index is 6.11. The third-order valence-corrected chi connectivity index (χ3v) is 6.12. The van der Waals surface area contributed by atoms with Crippen molar-refractivity contribution in [1.29, 1.82) is 0 Å². The van der Waals surface area contributed by atoms with E-state index < -0.39 is 0 Å². The number of benzene rings is 2. The van der Waals surface area contributed by atoms with E-state index >= 15 is 0 Å². The Morgan fingerprint density at radius 1 is 0.700 bits per heavy atom. The molecule has 0 unspecified atom stereocenters. The summed E-state index contributed by atoms with van der Waals surface area (Å²) in [7, 11) is 0. The lowest BCUT2D eigenvalue weighted by Crippen LogP contribution is -1.85. The Balaban J connectivity index is 1.84. The van der Waals surface area contributed by atoms with Gasteiger partial charge in [0.2, 0.25) is 0 Å². The van der Waals surface area contributed by atoms with Crippen molar-refractivity contribution in [2.75, 3.05) is 11.5 Å². The standard InChI is InChI=1S/C14H10Cl4S2/c15-9-1-3-12(17)14(7-9)20-6-5-19-10-2-4-11(16)13(18)8-10/h1-4,7-8H,5-6H2. The Morgan fingerprint density at radius 2 is 1.40 bits per heavy atom. The fraction of sp³-hybridized carbons (Fsp3) is 0.143. The van der Waals surface area contributed by atoms with Gasteiger partial charge in [-0.05, 0) is 36.4 Å². The van der Waals surface area contributed by atoms with E-state index in [0.29, 0.717) is 15.1 Å². The lowest BCUT2D eigenvalue weighted by atomic mass is 10.4. The minimum Gasteiger partial charge on any atom is -0.125 e. The van der Waals surface area contributed by atoms with E-state index in [1.54, 1.807) is 29.6 Å². The van der Waals surface area contributed by atoms with Crippen molar-refractivity contribution >= 4 is 69.9 Å². The second-order valence-electron chi connectivity index (χ2n) is 3.85. The zero-order valence-corrected chi connectivity index (χ0v) is 14.9. The normalized spacial score (nSPS) is 10.8. The van der Waals surface area contributed by atoms with Crippen LogP contribution in [0.5, 0.6) is 0 Å². The zero-order chi connectivity index (χ0) is 14.5. The molecule has 0 heterocycles. The number of rotatable bonds is 5. The largest absolute Gasteiger partial charge is 0.125 e. The molecule has 2 aromatic carbocycles. The highest BCUT2D eigenvalue weighted by Crippen LogP contribution is 2.32. The molecule has 0 nitrogen and oxygen atoms in total. The van der Waals surface area contributed by atoms with Gasteiger partial charge in [-0.15, -0.1) is 23.5 Å². The van der Waals surface area contributed by atoms with Gasteiger partial charge in [-0.25, -0.2) is 0 Å². The summed E-state index contributed by atoms with van der Waals surface area (Å²) in [6, 6.07) is 11.2. The van der Waals surface area contributed by atoms with Crippen LogP contribution in [0.4, 0.5) is 0 Å². The summed E-state index contributed by atoms with van der Waals surface area (Å²) in [5, 5.41) is 2.60. The fourth-order valence-corrected chi connectivity index (χ4v) is 4.25. The van der Waals surface area contributed by atoms with Gasteiger partial charge in [0.05, 0.1) is 15.1 Å². The molecule has 2 rings (SSSR count). The highest BCUT2D eigenvalue weighted by atomic mass is 35.5. The summed E-state index contributed by atoms with van der Waals surface area (Å²) in [5.74, 6) is 1.89. The highest BCUT2D eigenvalue weighted by Gasteiger charge is 2.03. The lowest BCUT2D eigenvalue weighted by molar-refractivity contribution is 1.41. The van der Waals surface area contributed by atoms with Crippen LogP contribution in [0.15, 0.2) is 46.2 Å². The van der Waals surface area contributed by atoms with Crippen LogP contribution in [-0.2, 0) is 0 Å².